The van der Waals surface area contributed by atoms with Gasteiger partial charge in [0.2, 0.25) is 0 Å². The zero-order valence-corrected chi connectivity index (χ0v) is 12.8. The smallest absolute Gasteiger partial charge is 0.174 e. The molecule has 3 heterocycles. The number of Topliss-reactive ketones (excluding diaryl/α,β-unsaturated/α-hetero) is 1. The molecule has 0 bridgehead atoms. The molecule has 0 aliphatic carbocycles. The molecule has 21 heavy (non-hydrogen) atoms. The Morgan fingerprint density at radius 3 is 3.19 bits per heavy atom. The van der Waals surface area contributed by atoms with Crippen LogP contribution in [0.4, 0.5) is 0 Å². The average molecular weight is 306 g/mol. The molecule has 0 unspecified atom stereocenters. The van der Waals surface area contributed by atoms with Gasteiger partial charge < -0.3 is 9.26 Å². The molecule has 1 saturated heterocycles. The molecule has 1 aliphatic heterocycles. The lowest BCUT2D eigenvalue weighted by molar-refractivity contribution is -0.0133. The number of hydrogen-bond donors (Lipinski definition) is 0. The van der Waals surface area contributed by atoms with Gasteiger partial charge >= 0.3 is 0 Å². The second-order valence-electron chi connectivity index (χ2n) is 5.23. The Morgan fingerprint density at radius 1 is 1.57 bits per heavy atom. The number of carbonyl (C=O) groups excluding carboxylic acids is 1. The quantitative estimate of drug-likeness (QED) is 0.795. The van der Waals surface area contributed by atoms with Crippen LogP contribution in [0, 0.1) is 6.92 Å². The largest absolute Gasteiger partial charge is 0.378 e. The third-order valence-electron chi connectivity index (χ3n) is 3.61. The number of aromatic nitrogens is 1. The van der Waals surface area contributed by atoms with Crippen LogP contribution in [-0.2, 0) is 11.3 Å². The highest BCUT2D eigenvalue weighted by molar-refractivity contribution is 7.12. The fraction of sp³-hybridized carbons (Fsp3) is 0.467. The van der Waals surface area contributed by atoms with E-state index in [0.29, 0.717) is 26.2 Å². The monoisotopic (exact) mass is 306 g/mol. The molecule has 1 aliphatic rings. The van der Waals surface area contributed by atoms with Gasteiger partial charge in [0.15, 0.2) is 5.78 Å². The van der Waals surface area contributed by atoms with E-state index in [4.69, 9.17) is 9.26 Å². The van der Waals surface area contributed by atoms with Crippen LogP contribution in [0.2, 0.25) is 0 Å². The van der Waals surface area contributed by atoms with Crippen LogP contribution >= 0.6 is 11.3 Å². The summed E-state index contributed by atoms with van der Waals surface area (Å²) in [5.74, 6) is 0.992. The van der Waals surface area contributed by atoms with Crippen molar-refractivity contribution < 1.29 is 14.1 Å². The van der Waals surface area contributed by atoms with Gasteiger partial charge in [0.25, 0.3) is 0 Å². The summed E-state index contributed by atoms with van der Waals surface area (Å²) >= 11 is 1.49. The lowest BCUT2D eigenvalue weighted by atomic mass is 10.1. The molecule has 0 aromatic carbocycles. The Balaban J connectivity index is 1.65. The molecule has 2 aromatic rings. The Bertz CT molecular complexity index is 594. The zero-order valence-electron chi connectivity index (χ0n) is 11.9. The maximum atomic E-state index is 12.3. The first kappa shape index (κ1) is 14.4. The minimum atomic E-state index is 0.102. The van der Waals surface area contributed by atoms with Gasteiger partial charge in [-0.25, -0.2) is 0 Å². The number of thiophene rings is 1. The Morgan fingerprint density at radius 2 is 2.48 bits per heavy atom. The van der Waals surface area contributed by atoms with E-state index in [9.17, 15) is 4.79 Å². The molecule has 0 N–H and O–H groups in total. The Kier molecular flexibility index (Phi) is 4.48. The number of rotatable bonds is 5. The molecule has 2 aromatic heterocycles. The van der Waals surface area contributed by atoms with Crippen molar-refractivity contribution in [3.05, 3.63) is 39.9 Å². The highest BCUT2D eigenvalue weighted by Gasteiger charge is 2.26. The molecule has 1 atom stereocenters. The standard InChI is InChI=1S/C15H18N2O3S/c1-11-7-12(16-20-11)9-17-4-5-19-10-13(17)8-14(18)15-3-2-6-21-15/h2-3,6-7,13H,4-5,8-10H2,1H3/t13-/m0/s1. The van der Waals surface area contributed by atoms with E-state index >= 15 is 0 Å². The summed E-state index contributed by atoms with van der Waals surface area (Å²) < 4.78 is 10.6. The van der Waals surface area contributed by atoms with Crippen molar-refractivity contribution in [2.45, 2.75) is 25.9 Å². The van der Waals surface area contributed by atoms with Crippen LogP contribution in [0.25, 0.3) is 0 Å². The minimum absolute atomic E-state index is 0.102. The van der Waals surface area contributed by atoms with Crippen molar-refractivity contribution in [1.29, 1.82) is 0 Å². The van der Waals surface area contributed by atoms with Crippen LogP contribution in [0.5, 0.6) is 0 Å². The van der Waals surface area contributed by atoms with Crippen LogP contribution in [0.3, 0.4) is 0 Å². The molecule has 112 valence electrons. The van der Waals surface area contributed by atoms with Crippen LogP contribution in [0.15, 0.2) is 28.1 Å². The molecule has 3 rings (SSSR count). The fourth-order valence-corrected chi connectivity index (χ4v) is 3.21. The number of carbonyl (C=O) groups is 1. The maximum absolute atomic E-state index is 12.3. The van der Waals surface area contributed by atoms with E-state index in [1.807, 2.05) is 30.5 Å². The van der Waals surface area contributed by atoms with Crippen LogP contribution in [-0.4, -0.2) is 41.6 Å². The number of aryl methyl sites for hydroxylation is 1. The lowest BCUT2D eigenvalue weighted by Crippen LogP contribution is -2.45. The summed E-state index contributed by atoms with van der Waals surface area (Å²) in [6.07, 6.45) is 0.483. The Hall–Kier alpha value is -1.50. The van der Waals surface area contributed by atoms with Gasteiger partial charge in [-0.05, 0) is 18.4 Å². The van der Waals surface area contributed by atoms with E-state index in [-0.39, 0.29) is 11.8 Å². The van der Waals surface area contributed by atoms with Crippen LogP contribution < -0.4 is 0 Å². The number of ether oxygens (including phenoxy) is 1. The normalized spacial score (nSPS) is 19.8. The van der Waals surface area contributed by atoms with E-state index in [2.05, 4.69) is 10.1 Å². The SMILES string of the molecule is Cc1cc(CN2CCOC[C@@H]2CC(=O)c2cccs2)no1. The highest BCUT2D eigenvalue weighted by Crippen LogP contribution is 2.19. The summed E-state index contributed by atoms with van der Waals surface area (Å²) in [4.78, 5) is 15.3. The molecule has 5 nitrogen and oxygen atoms in total. The molecule has 6 heteroatoms. The van der Waals surface area contributed by atoms with Crippen molar-refractivity contribution in [1.82, 2.24) is 10.1 Å². The number of morpholine rings is 1. The van der Waals surface area contributed by atoms with E-state index in [0.717, 1.165) is 22.9 Å². The molecule has 0 amide bonds. The first-order valence-electron chi connectivity index (χ1n) is 7.03. The van der Waals surface area contributed by atoms with Crippen molar-refractivity contribution in [3.8, 4) is 0 Å². The fourth-order valence-electron chi connectivity index (χ4n) is 2.54. The van der Waals surface area contributed by atoms with Gasteiger partial charge in [-0.3, -0.25) is 9.69 Å². The number of hydrogen-bond acceptors (Lipinski definition) is 6. The molecular weight excluding hydrogens is 288 g/mol. The van der Waals surface area contributed by atoms with Gasteiger partial charge in [-0.2, -0.15) is 0 Å². The van der Waals surface area contributed by atoms with E-state index < -0.39 is 0 Å². The maximum Gasteiger partial charge on any atom is 0.174 e. The third-order valence-corrected chi connectivity index (χ3v) is 4.52. The second-order valence-corrected chi connectivity index (χ2v) is 6.18. The minimum Gasteiger partial charge on any atom is -0.378 e. The predicted molar refractivity (Wildman–Crippen MR) is 79.5 cm³/mol. The summed E-state index contributed by atoms with van der Waals surface area (Å²) in [6, 6.07) is 5.83. The summed E-state index contributed by atoms with van der Waals surface area (Å²) in [6.45, 7) is 4.68. The predicted octanol–water partition coefficient (Wildman–Crippen LogP) is 2.52. The molecule has 1 fully saturated rings. The summed E-state index contributed by atoms with van der Waals surface area (Å²) in [5.41, 5.74) is 0.906. The summed E-state index contributed by atoms with van der Waals surface area (Å²) in [5, 5.41) is 5.96. The van der Waals surface area contributed by atoms with Crippen molar-refractivity contribution in [2.24, 2.45) is 0 Å². The number of ketones is 1. The van der Waals surface area contributed by atoms with Gasteiger partial charge in [0.05, 0.1) is 23.8 Å². The average Bonchev–Trinajstić information content (AvgIpc) is 3.13. The van der Waals surface area contributed by atoms with E-state index in [1.165, 1.54) is 11.3 Å². The van der Waals surface area contributed by atoms with Crippen molar-refractivity contribution >= 4 is 17.1 Å². The van der Waals surface area contributed by atoms with Gasteiger partial charge in [0, 0.05) is 31.6 Å². The molecule has 0 radical (unpaired) electrons. The van der Waals surface area contributed by atoms with E-state index in [1.54, 1.807) is 0 Å². The molecular formula is C15H18N2O3S. The first-order chi connectivity index (χ1) is 10.2. The number of nitrogens with zero attached hydrogens (tertiary/aromatic N) is 2. The van der Waals surface area contributed by atoms with Gasteiger partial charge in [-0.1, -0.05) is 11.2 Å². The Labute approximate surface area is 127 Å². The summed E-state index contributed by atoms with van der Waals surface area (Å²) in [7, 11) is 0. The second kappa shape index (κ2) is 6.51. The molecule has 0 spiro atoms. The zero-order chi connectivity index (χ0) is 14.7. The van der Waals surface area contributed by atoms with Crippen molar-refractivity contribution in [3.63, 3.8) is 0 Å². The van der Waals surface area contributed by atoms with Gasteiger partial charge in [0.1, 0.15) is 5.76 Å². The highest BCUT2D eigenvalue weighted by atomic mass is 32.1. The van der Waals surface area contributed by atoms with Crippen LogP contribution in [0.1, 0.15) is 27.5 Å². The molecule has 0 saturated carbocycles. The lowest BCUT2D eigenvalue weighted by Gasteiger charge is -2.34. The third kappa shape index (κ3) is 3.58. The first-order valence-corrected chi connectivity index (χ1v) is 7.91. The topological polar surface area (TPSA) is 55.6 Å². The van der Waals surface area contributed by atoms with Crippen molar-refractivity contribution in [2.75, 3.05) is 19.8 Å². The van der Waals surface area contributed by atoms with Gasteiger partial charge in [-0.15, -0.1) is 11.3 Å².